The lowest BCUT2D eigenvalue weighted by Crippen LogP contribution is -2.41. The van der Waals surface area contributed by atoms with Crippen molar-refractivity contribution in [1.29, 1.82) is 0 Å². The number of anilines is 2. The zero-order valence-corrected chi connectivity index (χ0v) is 15.9. The van der Waals surface area contributed by atoms with Gasteiger partial charge in [0.05, 0.1) is 17.7 Å². The van der Waals surface area contributed by atoms with Crippen LogP contribution in [0.5, 0.6) is 0 Å². The van der Waals surface area contributed by atoms with E-state index in [1.54, 1.807) is 24.5 Å². The van der Waals surface area contributed by atoms with Gasteiger partial charge in [-0.1, -0.05) is 6.07 Å². The smallest absolute Gasteiger partial charge is 0.416 e. The van der Waals surface area contributed by atoms with Crippen LogP contribution in [0, 0.1) is 5.92 Å². The number of halogens is 3. The highest BCUT2D eigenvalue weighted by Crippen LogP contribution is 2.31. The number of benzene rings is 1. The second-order valence-corrected chi connectivity index (χ2v) is 7.11. The van der Waals surface area contributed by atoms with Crippen LogP contribution in [0.2, 0.25) is 0 Å². The summed E-state index contributed by atoms with van der Waals surface area (Å²) < 4.78 is 43.9. The Morgan fingerprint density at radius 1 is 1.13 bits per heavy atom. The van der Waals surface area contributed by atoms with Crippen molar-refractivity contribution in [3.8, 4) is 11.5 Å². The van der Waals surface area contributed by atoms with Gasteiger partial charge < -0.3 is 14.6 Å². The van der Waals surface area contributed by atoms with Gasteiger partial charge in [-0.15, -0.1) is 10.2 Å². The van der Waals surface area contributed by atoms with Gasteiger partial charge >= 0.3 is 6.18 Å². The van der Waals surface area contributed by atoms with Crippen LogP contribution >= 0.6 is 0 Å². The van der Waals surface area contributed by atoms with Crippen LogP contribution in [0.15, 0.2) is 59.2 Å². The molecular formula is C21H19F3N4O2. The van der Waals surface area contributed by atoms with Crippen molar-refractivity contribution in [2.75, 3.05) is 23.3 Å². The van der Waals surface area contributed by atoms with E-state index in [0.717, 1.165) is 25.1 Å². The molecular weight excluding hydrogens is 397 g/mol. The molecule has 1 amide bonds. The molecule has 0 aliphatic carbocycles. The van der Waals surface area contributed by atoms with Crippen LogP contribution in [0.1, 0.15) is 18.4 Å². The zero-order chi connectivity index (χ0) is 21.1. The molecule has 1 unspecified atom stereocenters. The molecule has 1 N–H and O–H groups in total. The van der Waals surface area contributed by atoms with Crippen molar-refractivity contribution in [2.45, 2.75) is 19.0 Å². The summed E-state index contributed by atoms with van der Waals surface area (Å²) in [6.45, 7) is 1.14. The molecule has 1 atom stereocenters. The lowest BCUT2D eigenvalue weighted by molar-refractivity contribution is -0.137. The highest BCUT2D eigenvalue weighted by molar-refractivity contribution is 5.93. The van der Waals surface area contributed by atoms with Gasteiger partial charge in [-0.3, -0.25) is 4.79 Å². The Morgan fingerprint density at radius 3 is 2.70 bits per heavy atom. The van der Waals surface area contributed by atoms with Crippen LogP contribution in [0.4, 0.5) is 24.7 Å². The van der Waals surface area contributed by atoms with E-state index in [-0.39, 0.29) is 17.5 Å². The number of carbonyl (C=O) groups excluding carboxylic acids is 1. The third-order valence-electron chi connectivity index (χ3n) is 5.00. The fourth-order valence-corrected chi connectivity index (χ4v) is 3.47. The summed E-state index contributed by atoms with van der Waals surface area (Å²) in [6.07, 6.45) is -1.48. The van der Waals surface area contributed by atoms with E-state index in [2.05, 4.69) is 15.5 Å². The molecule has 1 aliphatic rings. The standard InChI is InChI=1S/C21H19F3N4O2/c22-21(23,24)15-5-1-6-16(12-15)25-20(29)14-4-2-10-28(13-14)19-9-8-17(26-27-19)18-7-3-11-30-18/h1,3,5-9,11-12,14H,2,4,10,13H2,(H,25,29). The van der Waals surface area contributed by atoms with Crippen LogP contribution < -0.4 is 10.2 Å². The monoisotopic (exact) mass is 416 g/mol. The van der Waals surface area contributed by atoms with Crippen molar-refractivity contribution in [3.05, 3.63) is 60.4 Å². The van der Waals surface area contributed by atoms with Gasteiger partial charge in [-0.05, 0) is 55.3 Å². The normalized spacial score (nSPS) is 17.0. The molecule has 3 aromatic rings. The van der Waals surface area contributed by atoms with Crippen LogP contribution in [-0.2, 0) is 11.0 Å². The van der Waals surface area contributed by atoms with Crippen molar-refractivity contribution < 1.29 is 22.4 Å². The Morgan fingerprint density at radius 2 is 2.00 bits per heavy atom. The highest BCUT2D eigenvalue weighted by atomic mass is 19.4. The topological polar surface area (TPSA) is 71.3 Å². The van der Waals surface area contributed by atoms with Crippen molar-refractivity contribution in [1.82, 2.24) is 10.2 Å². The maximum Gasteiger partial charge on any atom is 0.416 e. The number of nitrogens with zero attached hydrogens (tertiary/aromatic N) is 3. The average molecular weight is 416 g/mol. The largest absolute Gasteiger partial charge is 0.463 e. The Kier molecular flexibility index (Phi) is 5.43. The second kappa shape index (κ2) is 8.17. The molecule has 0 saturated carbocycles. The molecule has 4 rings (SSSR count). The van der Waals surface area contributed by atoms with Crippen molar-refractivity contribution in [2.24, 2.45) is 5.92 Å². The van der Waals surface area contributed by atoms with E-state index < -0.39 is 11.7 Å². The molecule has 2 aromatic heterocycles. The molecule has 0 spiro atoms. The predicted molar refractivity (Wildman–Crippen MR) is 105 cm³/mol. The number of hydrogen-bond acceptors (Lipinski definition) is 5. The summed E-state index contributed by atoms with van der Waals surface area (Å²) in [5.74, 6) is 0.590. The van der Waals surface area contributed by atoms with Gasteiger partial charge in [-0.25, -0.2) is 0 Å². The molecule has 30 heavy (non-hydrogen) atoms. The lowest BCUT2D eigenvalue weighted by atomic mass is 9.97. The molecule has 6 nitrogen and oxygen atoms in total. The molecule has 0 radical (unpaired) electrons. The number of piperidine rings is 1. The number of hydrogen-bond donors (Lipinski definition) is 1. The summed E-state index contributed by atoms with van der Waals surface area (Å²) in [5, 5.41) is 11.0. The van der Waals surface area contributed by atoms with Gasteiger partial charge in [0.25, 0.3) is 0 Å². The summed E-state index contributed by atoms with van der Waals surface area (Å²) in [6, 6.07) is 11.8. The maximum atomic E-state index is 12.9. The SMILES string of the molecule is O=C(Nc1cccc(C(F)(F)F)c1)C1CCCN(c2ccc(-c3ccco3)nn2)C1. The third-order valence-corrected chi connectivity index (χ3v) is 5.00. The van der Waals surface area contributed by atoms with Gasteiger partial charge in [0.15, 0.2) is 11.6 Å². The van der Waals surface area contributed by atoms with E-state index >= 15 is 0 Å². The lowest BCUT2D eigenvalue weighted by Gasteiger charge is -2.32. The number of alkyl halides is 3. The minimum absolute atomic E-state index is 0.134. The van der Waals surface area contributed by atoms with Gasteiger partial charge in [0.1, 0.15) is 5.69 Å². The Labute approximate surface area is 170 Å². The maximum absolute atomic E-state index is 12.9. The summed E-state index contributed by atoms with van der Waals surface area (Å²) in [5.41, 5.74) is -0.0494. The van der Waals surface area contributed by atoms with Crippen LogP contribution in [0.3, 0.4) is 0 Å². The zero-order valence-electron chi connectivity index (χ0n) is 15.9. The Bertz CT molecular complexity index is 1000. The van der Waals surface area contributed by atoms with E-state index in [9.17, 15) is 18.0 Å². The van der Waals surface area contributed by atoms with Crippen molar-refractivity contribution in [3.63, 3.8) is 0 Å². The van der Waals surface area contributed by atoms with Crippen LogP contribution in [0.25, 0.3) is 11.5 Å². The van der Waals surface area contributed by atoms with Gasteiger partial charge in [-0.2, -0.15) is 13.2 Å². The predicted octanol–water partition coefficient (Wildman–Crippen LogP) is 4.61. The van der Waals surface area contributed by atoms with E-state index in [1.165, 1.54) is 12.1 Å². The first-order valence-corrected chi connectivity index (χ1v) is 9.51. The number of amides is 1. The quantitative estimate of drug-likeness (QED) is 0.673. The van der Waals surface area contributed by atoms with Gasteiger partial charge in [0.2, 0.25) is 5.91 Å². The minimum atomic E-state index is -4.46. The van der Waals surface area contributed by atoms with E-state index in [0.29, 0.717) is 30.2 Å². The van der Waals surface area contributed by atoms with Crippen LogP contribution in [-0.4, -0.2) is 29.2 Å². The van der Waals surface area contributed by atoms with E-state index in [1.807, 2.05) is 11.0 Å². The number of furan rings is 1. The summed E-state index contributed by atoms with van der Waals surface area (Å²) in [7, 11) is 0. The fourth-order valence-electron chi connectivity index (χ4n) is 3.47. The fraction of sp³-hybridized carbons (Fsp3) is 0.286. The number of carbonyl (C=O) groups is 1. The number of aromatic nitrogens is 2. The van der Waals surface area contributed by atoms with E-state index in [4.69, 9.17) is 4.42 Å². The molecule has 1 aliphatic heterocycles. The van der Waals surface area contributed by atoms with Gasteiger partial charge in [0, 0.05) is 18.8 Å². The third kappa shape index (κ3) is 4.45. The van der Waals surface area contributed by atoms with Crippen molar-refractivity contribution >= 4 is 17.4 Å². The second-order valence-electron chi connectivity index (χ2n) is 7.11. The number of rotatable bonds is 4. The first kappa shape index (κ1) is 19.9. The molecule has 1 fully saturated rings. The highest BCUT2D eigenvalue weighted by Gasteiger charge is 2.31. The average Bonchev–Trinajstić information content (AvgIpc) is 3.28. The molecule has 0 bridgehead atoms. The number of nitrogens with one attached hydrogen (secondary N) is 1. The summed E-state index contributed by atoms with van der Waals surface area (Å²) >= 11 is 0. The Balaban J connectivity index is 1.42. The molecule has 9 heteroatoms. The minimum Gasteiger partial charge on any atom is -0.463 e. The molecule has 3 heterocycles. The first-order chi connectivity index (χ1) is 14.4. The molecule has 156 valence electrons. The summed E-state index contributed by atoms with van der Waals surface area (Å²) in [4.78, 5) is 14.6. The first-order valence-electron chi connectivity index (χ1n) is 9.51. The molecule has 1 aromatic carbocycles. The molecule has 1 saturated heterocycles. The Hall–Kier alpha value is -3.36.